The van der Waals surface area contributed by atoms with Crippen LogP contribution in [0.5, 0.6) is 0 Å². The molecular weight excluding hydrogens is 318 g/mol. The van der Waals surface area contributed by atoms with Gasteiger partial charge in [-0.25, -0.2) is 0 Å². The van der Waals surface area contributed by atoms with Crippen molar-refractivity contribution < 1.29 is 4.42 Å². The molecule has 3 aromatic rings. The lowest BCUT2D eigenvalue weighted by molar-refractivity contribution is 0.485. The molecule has 3 aromatic heterocycles. The molecule has 6 nitrogen and oxygen atoms in total. The average Bonchev–Trinajstić information content (AvgIpc) is 2.90. The lowest BCUT2D eigenvalue weighted by Gasteiger charge is -2.07. The molecule has 0 amide bonds. The molecule has 1 fully saturated rings. The molecule has 4 rings (SSSR count). The molecular formula is C14H15N5OS2. The number of nitrogens with zero attached hydrogens (tertiary/aromatic N) is 5. The van der Waals surface area contributed by atoms with Gasteiger partial charge in [-0.2, -0.15) is 0 Å². The summed E-state index contributed by atoms with van der Waals surface area (Å²) in [7, 11) is 0. The third kappa shape index (κ3) is 2.93. The summed E-state index contributed by atoms with van der Waals surface area (Å²) in [5.74, 6) is 2.91. The first-order valence-corrected chi connectivity index (χ1v) is 9.04. The van der Waals surface area contributed by atoms with Gasteiger partial charge >= 0.3 is 0 Å². The highest BCUT2D eigenvalue weighted by Gasteiger charge is 2.29. The first-order chi connectivity index (χ1) is 10.8. The van der Waals surface area contributed by atoms with Crippen LogP contribution in [0.25, 0.3) is 0 Å². The van der Waals surface area contributed by atoms with Gasteiger partial charge in [-0.05, 0) is 24.3 Å². The predicted octanol–water partition coefficient (Wildman–Crippen LogP) is 3.25. The van der Waals surface area contributed by atoms with Crippen LogP contribution in [0, 0.1) is 6.92 Å². The first kappa shape index (κ1) is 14.0. The standard InChI is InChI=1S/C14H15N5OS2/c1-9-15-17-13(20-9)8-22-14-18-16-12(19(14)10-4-5-10)7-11-3-2-6-21-11/h2-3,6,10H,4-5,7-8H2,1H3. The lowest BCUT2D eigenvalue weighted by Crippen LogP contribution is -2.03. The molecule has 114 valence electrons. The van der Waals surface area contributed by atoms with Gasteiger partial charge in [0.25, 0.3) is 0 Å². The number of hydrogen-bond donors (Lipinski definition) is 0. The normalized spacial score (nSPS) is 14.6. The lowest BCUT2D eigenvalue weighted by atomic mass is 10.3. The molecule has 22 heavy (non-hydrogen) atoms. The minimum atomic E-state index is 0.553. The van der Waals surface area contributed by atoms with Gasteiger partial charge in [0.05, 0.1) is 5.75 Å². The van der Waals surface area contributed by atoms with Crippen molar-refractivity contribution in [2.45, 2.75) is 43.1 Å². The number of thiophene rings is 1. The zero-order valence-electron chi connectivity index (χ0n) is 12.1. The van der Waals surface area contributed by atoms with Crippen LogP contribution < -0.4 is 0 Å². The molecule has 1 aliphatic rings. The Balaban J connectivity index is 1.53. The van der Waals surface area contributed by atoms with Crippen molar-refractivity contribution in [3.05, 3.63) is 40.0 Å². The number of aryl methyl sites for hydroxylation is 1. The molecule has 0 bridgehead atoms. The van der Waals surface area contributed by atoms with Gasteiger partial charge in [0.15, 0.2) is 5.16 Å². The number of rotatable bonds is 6. The smallest absolute Gasteiger partial charge is 0.226 e. The molecule has 0 saturated heterocycles. The Morgan fingerprint density at radius 3 is 2.91 bits per heavy atom. The maximum atomic E-state index is 5.41. The van der Waals surface area contributed by atoms with Gasteiger partial charge < -0.3 is 8.98 Å². The van der Waals surface area contributed by atoms with E-state index < -0.39 is 0 Å². The fourth-order valence-electron chi connectivity index (χ4n) is 2.32. The second kappa shape index (κ2) is 5.85. The minimum Gasteiger partial charge on any atom is -0.425 e. The molecule has 0 aromatic carbocycles. The van der Waals surface area contributed by atoms with Crippen LogP contribution in [-0.4, -0.2) is 25.0 Å². The molecule has 1 saturated carbocycles. The van der Waals surface area contributed by atoms with E-state index in [9.17, 15) is 0 Å². The van der Waals surface area contributed by atoms with Crippen LogP contribution in [-0.2, 0) is 12.2 Å². The van der Waals surface area contributed by atoms with E-state index in [0.29, 0.717) is 23.6 Å². The molecule has 1 aliphatic carbocycles. The highest BCUT2D eigenvalue weighted by atomic mass is 32.2. The van der Waals surface area contributed by atoms with E-state index in [4.69, 9.17) is 4.42 Å². The summed E-state index contributed by atoms with van der Waals surface area (Å²) < 4.78 is 7.70. The summed E-state index contributed by atoms with van der Waals surface area (Å²) in [4.78, 5) is 1.32. The third-order valence-electron chi connectivity index (χ3n) is 3.45. The number of aromatic nitrogens is 5. The van der Waals surface area contributed by atoms with E-state index in [2.05, 4.69) is 42.5 Å². The van der Waals surface area contributed by atoms with Crippen molar-refractivity contribution in [2.24, 2.45) is 0 Å². The van der Waals surface area contributed by atoms with E-state index in [1.165, 1.54) is 17.7 Å². The van der Waals surface area contributed by atoms with Gasteiger partial charge in [-0.1, -0.05) is 17.8 Å². The maximum Gasteiger partial charge on any atom is 0.226 e. The highest BCUT2D eigenvalue weighted by molar-refractivity contribution is 7.98. The summed E-state index contributed by atoms with van der Waals surface area (Å²) >= 11 is 3.37. The van der Waals surface area contributed by atoms with Crippen LogP contribution in [0.4, 0.5) is 0 Å². The molecule has 0 spiro atoms. The van der Waals surface area contributed by atoms with Crippen molar-refractivity contribution in [1.82, 2.24) is 25.0 Å². The van der Waals surface area contributed by atoms with Gasteiger partial charge in [0.1, 0.15) is 5.82 Å². The van der Waals surface area contributed by atoms with E-state index in [-0.39, 0.29) is 0 Å². The molecule has 0 unspecified atom stereocenters. The van der Waals surface area contributed by atoms with Crippen molar-refractivity contribution in [1.29, 1.82) is 0 Å². The molecule has 0 aliphatic heterocycles. The SMILES string of the molecule is Cc1nnc(CSc2nnc(Cc3cccs3)n2C2CC2)o1. The third-order valence-corrected chi connectivity index (χ3v) is 5.26. The summed E-state index contributed by atoms with van der Waals surface area (Å²) in [5, 5.41) is 19.7. The molecule has 0 N–H and O–H groups in total. The summed E-state index contributed by atoms with van der Waals surface area (Å²) in [6.45, 7) is 1.80. The number of hydrogen-bond acceptors (Lipinski definition) is 7. The van der Waals surface area contributed by atoms with Gasteiger partial charge in [-0.3, -0.25) is 0 Å². The van der Waals surface area contributed by atoms with E-state index in [1.807, 2.05) is 0 Å². The Bertz CT molecular complexity index is 760. The average molecular weight is 333 g/mol. The Kier molecular flexibility index (Phi) is 3.71. The predicted molar refractivity (Wildman–Crippen MR) is 84.0 cm³/mol. The largest absolute Gasteiger partial charge is 0.425 e. The van der Waals surface area contributed by atoms with Crippen LogP contribution in [0.2, 0.25) is 0 Å². The Morgan fingerprint density at radius 1 is 1.32 bits per heavy atom. The van der Waals surface area contributed by atoms with Crippen LogP contribution in [0.3, 0.4) is 0 Å². The molecule has 0 atom stereocenters. The summed E-state index contributed by atoms with van der Waals surface area (Å²) in [6, 6.07) is 4.77. The van der Waals surface area contributed by atoms with Crippen molar-refractivity contribution in [2.75, 3.05) is 0 Å². The van der Waals surface area contributed by atoms with Gasteiger partial charge in [-0.15, -0.1) is 31.7 Å². The first-order valence-electron chi connectivity index (χ1n) is 7.17. The van der Waals surface area contributed by atoms with Crippen LogP contribution >= 0.6 is 23.1 Å². The zero-order chi connectivity index (χ0) is 14.9. The van der Waals surface area contributed by atoms with Crippen molar-refractivity contribution in [3.63, 3.8) is 0 Å². The second-order valence-electron chi connectivity index (χ2n) is 5.26. The van der Waals surface area contributed by atoms with E-state index in [1.54, 1.807) is 30.0 Å². The molecule has 0 radical (unpaired) electrons. The number of thioether (sulfide) groups is 1. The summed E-state index contributed by atoms with van der Waals surface area (Å²) in [6.07, 6.45) is 3.27. The highest BCUT2D eigenvalue weighted by Crippen LogP contribution is 2.39. The Labute approximate surface area is 136 Å². The second-order valence-corrected chi connectivity index (χ2v) is 7.23. The van der Waals surface area contributed by atoms with Crippen LogP contribution in [0.15, 0.2) is 27.1 Å². The quantitative estimate of drug-likeness (QED) is 0.645. The Hall–Kier alpha value is -1.67. The van der Waals surface area contributed by atoms with Crippen molar-refractivity contribution in [3.8, 4) is 0 Å². The van der Waals surface area contributed by atoms with Crippen molar-refractivity contribution >= 4 is 23.1 Å². The van der Waals surface area contributed by atoms with E-state index in [0.717, 1.165) is 17.4 Å². The fourth-order valence-corrected chi connectivity index (χ4v) is 3.88. The maximum absolute atomic E-state index is 5.41. The summed E-state index contributed by atoms with van der Waals surface area (Å²) in [5.41, 5.74) is 0. The van der Waals surface area contributed by atoms with Gasteiger partial charge in [0, 0.05) is 24.3 Å². The van der Waals surface area contributed by atoms with Crippen LogP contribution in [0.1, 0.15) is 41.4 Å². The topological polar surface area (TPSA) is 69.6 Å². The Morgan fingerprint density at radius 2 is 2.23 bits per heavy atom. The van der Waals surface area contributed by atoms with Gasteiger partial charge in [0.2, 0.25) is 11.8 Å². The molecule has 3 heterocycles. The zero-order valence-corrected chi connectivity index (χ0v) is 13.7. The molecule has 8 heteroatoms. The fraction of sp³-hybridized carbons (Fsp3) is 0.429. The van der Waals surface area contributed by atoms with E-state index >= 15 is 0 Å². The monoisotopic (exact) mass is 333 g/mol. The minimum absolute atomic E-state index is 0.553.